The van der Waals surface area contributed by atoms with E-state index in [2.05, 4.69) is 0 Å². The number of nitrogens with two attached hydrogens (primary N) is 1. The van der Waals surface area contributed by atoms with Crippen molar-refractivity contribution >= 4 is 50.7 Å². The number of hydrogen-bond acceptors (Lipinski definition) is 2. The highest BCUT2D eigenvalue weighted by atomic mass is 35.5. The van der Waals surface area contributed by atoms with Crippen LogP contribution in [0.5, 0.6) is 0 Å². The van der Waals surface area contributed by atoms with Gasteiger partial charge in [0, 0.05) is 5.02 Å². The van der Waals surface area contributed by atoms with E-state index in [1.54, 1.807) is 0 Å². The molecule has 0 heterocycles. The Morgan fingerprint density at radius 1 is 1.14 bits per heavy atom. The summed E-state index contributed by atoms with van der Waals surface area (Å²) in [6.07, 6.45) is 0. The van der Waals surface area contributed by atoms with Crippen LogP contribution in [0.15, 0.2) is 12.1 Å². The molecule has 0 radical (unpaired) electrons. The summed E-state index contributed by atoms with van der Waals surface area (Å²) in [7, 11) is -3.90. The highest BCUT2D eigenvalue weighted by Gasteiger charge is 2.11. The van der Waals surface area contributed by atoms with Gasteiger partial charge in [0.15, 0.2) is 0 Å². The maximum atomic E-state index is 10.7. The largest absolute Gasteiger partial charge is 0.296 e. The van der Waals surface area contributed by atoms with E-state index in [9.17, 15) is 8.42 Å². The van der Waals surface area contributed by atoms with Gasteiger partial charge in [-0.25, -0.2) is 5.14 Å². The molecule has 0 saturated carbocycles. The zero-order valence-electron chi connectivity index (χ0n) is 6.59. The molecule has 0 atom stereocenters. The van der Waals surface area contributed by atoms with E-state index in [0.29, 0.717) is 5.02 Å². The first-order chi connectivity index (χ1) is 6.29. The summed E-state index contributed by atoms with van der Waals surface area (Å²) in [6, 6.07) is 2.70. The molecule has 0 amide bonds. The molecule has 0 fully saturated rings. The number of halogens is 3. The summed E-state index contributed by atoms with van der Waals surface area (Å²) in [6.45, 7) is 0. The number of rotatable bonds is 2. The zero-order chi connectivity index (χ0) is 10.9. The number of anilines is 1. The van der Waals surface area contributed by atoms with E-state index in [4.69, 9.17) is 39.9 Å². The molecule has 14 heavy (non-hydrogen) atoms. The quantitative estimate of drug-likeness (QED) is 0.869. The van der Waals surface area contributed by atoms with E-state index in [1.165, 1.54) is 12.1 Å². The zero-order valence-corrected chi connectivity index (χ0v) is 9.67. The van der Waals surface area contributed by atoms with Gasteiger partial charge in [0.2, 0.25) is 0 Å². The number of benzene rings is 1. The smallest absolute Gasteiger partial charge is 0.268 e. The Bertz CT molecular complexity index is 437. The van der Waals surface area contributed by atoms with Crippen molar-refractivity contribution in [3.63, 3.8) is 0 Å². The molecule has 8 heteroatoms. The standard InChI is InChI=1S/C6H5Cl3N2O2S/c7-3-1-4(8)6(5(9)2-3)11-14(10,12)13/h1-2,11H,(H2,10,12,13). The minimum Gasteiger partial charge on any atom is -0.268 e. The molecule has 0 aliphatic carbocycles. The van der Waals surface area contributed by atoms with Gasteiger partial charge in [-0.05, 0) is 12.1 Å². The second-order valence-electron chi connectivity index (χ2n) is 2.39. The average molecular weight is 276 g/mol. The predicted molar refractivity (Wildman–Crippen MR) is 58.2 cm³/mol. The maximum absolute atomic E-state index is 10.7. The molecule has 1 aromatic carbocycles. The van der Waals surface area contributed by atoms with Crippen molar-refractivity contribution in [2.24, 2.45) is 5.14 Å². The lowest BCUT2D eigenvalue weighted by Gasteiger charge is -2.08. The van der Waals surface area contributed by atoms with Gasteiger partial charge in [-0.15, -0.1) is 0 Å². The van der Waals surface area contributed by atoms with Crippen LogP contribution in [0.1, 0.15) is 0 Å². The van der Waals surface area contributed by atoms with Gasteiger partial charge in [-0.2, -0.15) is 8.42 Å². The van der Waals surface area contributed by atoms with Gasteiger partial charge in [-0.1, -0.05) is 34.8 Å². The van der Waals surface area contributed by atoms with Crippen LogP contribution in [-0.2, 0) is 10.2 Å². The highest BCUT2D eigenvalue weighted by molar-refractivity contribution is 7.90. The third-order valence-corrected chi connectivity index (χ3v) is 2.55. The average Bonchev–Trinajstić information content (AvgIpc) is 1.95. The fraction of sp³-hybridized carbons (Fsp3) is 0. The fourth-order valence-corrected chi connectivity index (χ4v) is 2.31. The summed E-state index contributed by atoms with van der Waals surface area (Å²) < 4.78 is 23.4. The number of nitrogens with one attached hydrogen (secondary N) is 1. The van der Waals surface area contributed by atoms with Crippen LogP contribution in [0, 0.1) is 0 Å². The minimum absolute atomic E-state index is 0.0141. The lowest BCUT2D eigenvalue weighted by molar-refractivity contribution is 0.603. The highest BCUT2D eigenvalue weighted by Crippen LogP contribution is 2.33. The fourth-order valence-electron chi connectivity index (χ4n) is 0.782. The van der Waals surface area contributed by atoms with Crippen molar-refractivity contribution in [2.45, 2.75) is 0 Å². The van der Waals surface area contributed by atoms with Crippen LogP contribution in [0.2, 0.25) is 15.1 Å². The SMILES string of the molecule is NS(=O)(=O)Nc1c(Cl)cc(Cl)cc1Cl. The molecule has 0 spiro atoms. The summed E-state index contributed by atoms with van der Waals surface area (Å²) in [5, 5.41) is 5.22. The Balaban J connectivity index is 3.22. The molecule has 0 aliphatic heterocycles. The molecule has 1 rings (SSSR count). The van der Waals surface area contributed by atoms with Gasteiger partial charge in [0.25, 0.3) is 10.2 Å². The van der Waals surface area contributed by atoms with Gasteiger partial charge >= 0.3 is 0 Å². The lowest BCUT2D eigenvalue weighted by Crippen LogP contribution is -2.22. The summed E-state index contributed by atoms with van der Waals surface area (Å²) in [5.41, 5.74) is 0.0141. The van der Waals surface area contributed by atoms with Crippen LogP contribution in [0.25, 0.3) is 0 Å². The van der Waals surface area contributed by atoms with Crippen molar-refractivity contribution in [3.8, 4) is 0 Å². The Morgan fingerprint density at radius 3 is 1.93 bits per heavy atom. The molecule has 0 aliphatic rings. The van der Waals surface area contributed by atoms with Gasteiger partial charge in [0.1, 0.15) is 0 Å². The Kier molecular flexibility index (Phi) is 3.49. The second-order valence-corrected chi connectivity index (χ2v) is 4.94. The second kappa shape index (κ2) is 4.12. The molecule has 4 nitrogen and oxygen atoms in total. The Morgan fingerprint density at radius 2 is 1.57 bits per heavy atom. The molecular formula is C6H5Cl3N2O2S. The minimum atomic E-state index is -3.90. The van der Waals surface area contributed by atoms with Crippen molar-refractivity contribution < 1.29 is 8.42 Å². The van der Waals surface area contributed by atoms with Crippen LogP contribution < -0.4 is 9.86 Å². The first-order valence-corrected chi connectivity index (χ1v) is 5.93. The maximum Gasteiger partial charge on any atom is 0.296 e. The van der Waals surface area contributed by atoms with E-state index >= 15 is 0 Å². The van der Waals surface area contributed by atoms with Crippen molar-refractivity contribution in [3.05, 3.63) is 27.2 Å². The van der Waals surface area contributed by atoms with Crippen LogP contribution in [-0.4, -0.2) is 8.42 Å². The predicted octanol–water partition coefficient (Wildman–Crippen LogP) is 2.26. The normalized spacial score (nSPS) is 11.4. The van der Waals surface area contributed by atoms with Gasteiger partial charge in [-0.3, -0.25) is 4.72 Å². The molecule has 0 aromatic heterocycles. The summed E-state index contributed by atoms with van der Waals surface area (Å²) in [4.78, 5) is 0. The molecule has 78 valence electrons. The third-order valence-electron chi connectivity index (χ3n) is 1.25. The van der Waals surface area contributed by atoms with E-state index < -0.39 is 10.2 Å². The topological polar surface area (TPSA) is 72.2 Å². The molecule has 0 saturated heterocycles. The van der Waals surface area contributed by atoms with Crippen LogP contribution in [0.4, 0.5) is 5.69 Å². The molecule has 1 aromatic rings. The van der Waals surface area contributed by atoms with E-state index in [-0.39, 0.29) is 15.7 Å². The molecule has 0 bridgehead atoms. The Hall–Kier alpha value is -0.200. The van der Waals surface area contributed by atoms with Crippen LogP contribution >= 0.6 is 34.8 Å². The molecular weight excluding hydrogens is 271 g/mol. The Labute approximate surface area is 96.1 Å². The first-order valence-electron chi connectivity index (χ1n) is 3.24. The third kappa shape index (κ3) is 3.18. The monoisotopic (exact) mass is 274 g/mol. The lowest BCUT2D eigenvalue weighted by atomic mass is 10.3. The number of hydrogen-bond donors (Lipinski definition) is 2. The summed E-state index contributed by atoms with van der Waals surface area (Å²) >= 11 is 17.0. The first kappa shape index (κ1) is 11.9. The van der Waals surface area contributed by atoms with Gasteiger partial charge < -0.3 is 0 Å². The van der Waals surface area contributed by atoms with Crippen LogP contribution in [0.3, 0.4) is 0 Å². The molecule has 0 unspecified atom stereocenters. The van der Waals surface area contributed by atoms with Crippen molar-refractivity contribution in [2.75, 3.05) is 4.72 Å². The van der Waals surface area contributed by atoms with Gasteiger partial charge in [0.05, 0.1) is 15.7 Å². The van der Waals surface area contributed by atoms with Crippen molar-refractivity contribution in [1.82, 2.24) is 0 Å². The summed E-state index contributed by atoms with van der Waals surface area (Å²) in [5.74, 6) is 0. The molecule has 3 N–H and O–H groups in total. The van der Waals surface area contributed by atoms with E-state index in [1.807, 2.05) is 4.72 Å². The van der Waals surface area contributed by atoms with Crippen molar-refractivity contribution in [1.29, 1.82) is 0 Å². The van der Waals surface area contributed by atoms with E-state index in [0.717, 1.165) is 0 Å².